The molecule has 1 aliphatic heterocycles. The van der Waals surface area contributed by atoms with Crippen LogP contribution < -0.4 is 5.32 Å². The summed E-state index contributed by atoms with van der Waals surface area (Å²) in [6.07, 6.45) is 2.42. The number of hydrogen-bond donors (Lipinski definition) is 2. The van der Waals surface area contributed by atoms with Crippen LogP contribution in [0, 0.1) is 11.8 Å². The fourth-order valence-electron chi connectivity index (χ4n) is 4.65. The lowest BCUT2D eigenvalue weighted by molar-refractivity contribution is -0.143. The highest BCUT2D eigenvalue weighted by molar-refractivity contribution is 6.15. The van der Waals surface area contributed by atoms with Gasteiger partial charge in [-0.1, -0.05) is 73.5 Å². The standard InChI is InChI=1S/C24H26N2O4/c27-21(25-15-17-9-3-1-4-10-17)19-20(24(30)13-7-8-14-24)23(29)26(22(19)28)16-18-11-5-2-6-12-18/h1-6,9-12,19-20,30H,7-8,13-16H2,(H,25,27)/t19-,20+/m1/s1. The Morgan fingerprint density at radius 3 is 2.10 bits per heavy atom. The number of imide groups is 1. The third kappa shape index (κ3) is 3.87. The molecule has 2 aromatic carbocycles. The van der Waals surface area contributed by atoms with Crippen molar-refractivity contribution >= 4 is 17.7 Å². The molecule has 2 aliphatic rings. The van der Waals surface area contributed by atoms with Gasteiger partial charge in [0.1, 0.15) is 5.92 Å². The highest BCUT2D eigenvalue weighted by Crippen LogP contribution is 2.44. The lowest BCUT2D eigenvalue weighted by atomic mass is 9.78. The van der Waals surface area contributed by atoms with E-state index in [1.165, 1.54) is 0 Å². The number of benzene rings is 2. The zero-order chi connectivity index (χ0) is 21.1. The zero-order valence-electron chi connectivity index (χ0n) is 16.8. The summed E-state index contributed by atoms with van der Waals surface area (Å²) in [5.74, 6) is -3.72. The van der Waals surface area contributed by atoms with Crippen molar-refractivity contribution in [3.05, 3.63) is 71.8 Å². The van der Waals surface area contributed by atoms with Crippen LogP contribution in [0.4, 0.5) is 0 Å². The molecule has 2 aromatic rings. The normalized spacial score (nSPS) is 23.0. The van der Waals surface area contributed by atoms with E-state index in [1.54, 1.807) is 0 Å². The number of rotatable bonds is 6. The van der Waals surface area contributed by atoms with Gasteiger partial charge in [0.2, 0.25) is 17.7 Å². The summed E-state index contributed by atoms with van der Waals surface area (Å²) >= 11 is 0. The summed E-state index contributed by atoms with van der Waals surface area (Å²) in [6, 6.07) is 18.6. The van der Waals surface area contributed by atoms with Gasteiger partial charge in [-0.3, -0.25) is 19.3 Å². The third-order valence-electron chi connectivity index (χ3n) is 6.22. The number of aliphatic hydroxyl groups is 1. The first-order valence-corrected chi connectivity index (χ1v) is 10.4. The summed E-state index contributed by atoms with van der Waals surface area (Å²) < 4.78 is 0. The Morgan fingerprint density at radius 2 is 1.50 bits per heavy atom. The minimum atomic E-state index is -1.31. The molecule has 2 fully saturated rings. The predicted molar refractivity (Wildman–Crippen MR) is 111 cm³/mol. The molecule has 156 valence electrons. The van der Waals surface area contributed by atoms with Crippen LogP contribution in [0.5, 0.6) is 0 Å². The summed E-state index contributed by atoms with van der Waals surface area (Å²) in [5.41, 5.74) is 0.397. The Kier molecular flexibility index (Phi) is 5.68. The molecule has 1 saturated heterocycles. The molecule has 1 aliphatic carbocycles. The van der Waals surface area contributed by atoms with Crippen LogP contribution in [-0.2, 0) is 27.5 Å². The van der Waals surface area contributed by atoms with Gasteiger partial charge < -0.3 is 10.4 Å². The number of amides is 3. The number of nitrogens with zero attached hydrogens (tertiary/aromatic N) is 1. The first-order valence-electron chi connectivity index (χ1n) is 10.4. The summed E-state index contributed by atoms with van der Waals surface area (Å²) in [5, 5.41) is 14.0. The molecule has 6 heteroatoms. The largest absolute Gasteiger partial charge is 0.389 e. The van der Waals surface area contributed by atoms with Crippen LogP contribution in [0.15, 0.2) is 60.7 Å². The van der Waals surface area contributed by atoms with E-state index in [2.05, 4.69) is 5.32 Å². The van der Waals surface area contributed by atoms with Gasteiger partial charge >= 0.3 is 0 Å². The Bertz CT molecular complexity index is 923. The lowest BCUT2D eigenvalue weighted by Crippen LogP contribution is -2.47. The number of likely N-dealkylation sites (tertiary alicyclic amines) is 1. The highest BCUT2D eigenvalue weighted by Gasteiger charge is 2.59. The predicted octanol–water partition coefficient (Wildman–Crippen LogP) is 2.41. The van der Waals surface area contributed by atoms with Gasteiger partial charge in [0.15, 0.2) is 0 Å². The van der Waals surface area contributed by atoms with E-state index in [0.29, 0.717) is 12.8 Å². The molecule has 2 N–H and O–H groups in total. The number of hydrogen-bond acceptors (Lipinski definition) is 4. The monoisotopic (exact) mass is 406 g/mol. The lowest BCUT2D eigenvalue weighted by Gasteiger charge is -2.30. The molecule has 0 radical (unpaired) electrons. The van der Waals surface area contributed by atoms with Crippen molar-refractivity contribution in [2.24, 2.45) is 11.8 Å². The molecule has 4 rings (SSSR count). The second-order valence-corrected chi connectivity index (χ2v) is 8.22. The molecule has 6 nitrogen and oxygen atoms in total. The van der Waals surface area contributed by atoms with Crippen molar-refractivity contribution in [2.75, 3.05) is 0 Å². The minimum Gasteiger partial charge on any atom is -0.389 e. The van der Waals surface area contributed by atoms with E-state index < -0.39 is 35.2 Å². The summed E-state index contributed by atoms with van der Waals surface area (Å²) in [4.78, 5) is 40.7. The second-order valence-electron chi connectivity index (χ2n) is 8.22. The maximum Gasteiger partial charge on any atom is 0.243 e. The zero-order valence-corrected chi connectivity index (χ0v) is 16.8. The molecule has 3 amide bonds. The van der Waals surface area contributed by atoms with Crippen molar-refractivity contribution in [2.45, 2.75) is 44.4 Å². The van der Waals surface area contributed by atoms with Crippen molar-refractivity contribution in [1.29, 1.82) is 0 Å². The van der Waals surface area contributed by atoms with Crippen LogP contribution in [-0.4, -0.2) is 33.3 Å². The second kappa shape index (κ2) is 8.40. The van der Waals surface area contributed by atoms with Gasteiger partial charge in [-0.15, -0.1) is 0 Å². The first kappa shape index (κ1) is 20.3. The Balaban J connectivity index is 1.58. The molecular weight excluding hydrogens is 380 g/mol. The van der Waals surface area contributed by atoms with Crippen molar-refractivity contribution in [3.63, 3.8) is 0 Å². The fraction of sp³-hybridized carbons (Fsp3) is 0.375. The Labute approximate surface area is 175 Å². The van der Waals surface area contributed by atoms with Crippen molar-refractivity contribution in [3.8, 4) is 0 Å². The van der Waals surface area contributed by atoms with Crippen molar-refractivity contribution < 1.29 is 19.5 Å². The molecule has 0 spiro atoms. The van der Waals surface area contributed by atoms with Crippen LogP contribution in [0.1, 0.15) is 36.8 Å². The molecule has 0 unspecified atom stereocenters. The number of nitrogens with one attached hydrogen (secondary N) is 1. The van der Waals surface area contributed by atoms with Crippen molar-refractivity contribution in [1.82, 2.24) is 10.2 Å². The molecule has 30 heavy (non-hydrogen) atoms. The molecule has 1 heterocycles. The average Bonchev–Trinajstić information content (AvgIpc) is 3.31. The van der Waals surface area contributed by atoms with Gasteiger partial charge in [-0.05, 0) is 24.0 Å². The van der Waals surface area contributed by atoms with Crippen LogP contribution in [0.2, 0.25) is 0 Å². The topological polar surface area (TPSA) is 86.7 Å². The summed E-state index contributed by atoms with van der Waals surface area (Å²) in [7, 11) is 0. The van der Waals surface area contributed by atoms with Gasteiger partial charge in [0, 0.05) is 6.54 Å². The minimum absolute atomic E-state index is 0.105. The van der Waals surface area contributed by atoms with E-state index >= 15 is 0 Å². The first-order chi connectivity index (χ1) is 14.5. The quantitative estimate of drug-likeness (QED) is 0.570. The fourth-order valence-corrected chi connectivity index (χ4v) is 4.65. The average molecular weight is 406 g/mol. The molecule has 2 atom stereocenters. The maximum absolute atomic E-state index is 13.3. The van der Waals surface area contributed by atoms with E-state index in [9.17, 15) is 19.5 Å². The van der Waals surface area contributed by atoms with Gasteiger partial charge in [-0.25, -0.2) is 0 Å². The Morgan fingerprint density at radius 1 is 0.933 bits per heavy atom. The number of carbonyl (C=O) groups is 3. The molecule has 1 saturated carbocycles. The SMILES string of the molecule is O=C(NCc1ccccc1)[C@@H]1C(=O)N(Cc2ccccc2)C(=O)[C@H]1C1(O)CCCC1. The van der Waals surface area contributed by atoms with Crippen LogP contribution in [0.3, 0.4) is 0 Å². The highest BCUT2D eigenvalue weighted by atomic mass is 16.3. The smallest absolute Gasteiger partial charge is 0.243 e. The van der Waals surface area contributed by atoms with Gasteiger partial charge in [0.05, 0.1) is 18.1 Å². The molecule has 0 aromatic heterocycles. The van der Waals surface area contributed by atoms with Crippen LogP contribution >= 0.6 is 0 Å². The van der Waals surface area contributed by atoms with Gasteiger partial charge in [-0.2, -0.15) is 0 Å². The van der Waals surface area contributed by atoms with E-state index in [-0.39, 0.29) is 13.1 Å². The number of carbonyl (C=O) groups excluding carboxylic acids is 3. The molecule has 0 bridgehead atoms. The van der Waals surface area contributed by atoms with E-state index in [4.69, 9.17) is 0 Å². The van der Waals surface area contributed by atoms with E-state index in [0.717, 1.165) is 28.9 Å². The summed E-state index contributed by atoms with van der Waals surface area (Å²) in [6.45, 7) is 0.370. The van der Waals surface area contributed by atoms with E-state index in [1.807, 2.05) is 60.7 Å². The molecular formula is C24H26N2O4. The third-order valence-corrected chi connectivity index (χ3v) is 6.22. The van der Waals surface area contributed by atoms with Gasteiger partial charge in [0.25, 0.3) is 0 Å². The maximum atomic E-state index is 13.3. The Hall–Kier alpha value is -2.99. The van der Waals surface area contributed by atoms with Crippen LogP contribution in [0.25, 0.3) is 0 Å².